The minimum Gasteiger partial charge on any atom is -0.493 e. The van der Waals surface area contributed by atoms with Gasteiger partial charge in [-0.3, -0.25) is 0 Å². The van der Waals surface area contributed by atoms with E-state index >= 15 is 0 Å². The first-order valence-electron chi connectivity index (χ1n) is 5.69. The van der Waals surface area contributed by atoms with Gasteiger partial charge >= 0.3 is 5.97 Å². The van der Waals surface area contributed by atoms with Crippen molar-refractivity contribution < 1.29 is 23.8 Å². The molecule has 0 aliphatic carbocycles. The summed E-state index contributed by atoms with van der Waals surface area (Å²) in [6.07, 6.45) is 1.33. The molecule has 1 N–H and O–H groups in total. The molecular formula is C14H14O5. The van der Waals surface area contributed by atoms with E-state index in [9.17, 15) is 4.79 Å². The van der Waals surface area contributed by atoms with Crippen LogP contribution in [0.1, 0.15) is 21.7 Å². The first kappa shape index (κ1) is 13.0. The number of furan rings is 1. The van der Waals surface area contributed by atoms with Crippen LogP contribution in [0.15, 0.2) is 34.9 Å². The number of aromatic carboxylic acids is 1. The molecule has 0 unspecified atom stereocenters. The lowest BCUT2D eigenvalue weighted by Crippen LogP contribution is -2.03. The first-order chi connectivity index (χ1) is 9.11. The quantitative estimate of drug-likeness (QED) is 0.897. The minimum atomic E-state index is -1.04. The molecule has 2 aromatic rings. The van der Waals surface area contributed by atoms with Gasteiger partial charge in [-0.2, -0.15) is 0 Å². The molecule has 2 rings (SSSR count). The molecule has 0 aliphatic rings. The maximum Gasteiger partial charge on any atom is 0.339 e. The van der Waals surface area contributed by atoms with Gasteiger partial charge < -0.3 is 19.0 Å². The standard InChI is InChI=1S/C14H14O5/c1-9-3-4-11(12(7-9)17-2)19-8-13-10(14(15)16)5-6-18-13/h3-7H,8H2,1-2H3,(H,15,16). The number of hydrogen-bond acceptors (Lipinski definition) is 4. The average Bonchev–Trinajstić information content (AvgIpc) is 2.85. The Morgan fingerprint density at radius 1 is 1.32 bits per heavy atom. The zero-order valence-corrected chi connectivity index (χ0v) is 10.7. The highest BCUT2D eigenvalue weighted by atomic mass is 16.5. The summed E-state index contributed by atoms with van der Waals surface area (Å²) in [4.78, 5) is 10.9. The highest BCUT2D eigenvalue weighted by molar-refractivity contribution is 5.88. The van der Waals surface area contributed by atoms with Crippen molar-refractivity contribution in [2.45, 2.75) is 13.5 Å². The summed E-state index contributed by atoms with van der Waals surface area (Å²) in [7, 11) is 1.55. The summed E-state index contributed by atoms with van der Waals surface area (Å²) in [5, 5.41) is 8.95. The van der Waals surface area contributed by atoms with Crippen LogP contribution in [0.2, 0.25) is 0 Å². The van der Waals surface area contributed by atoms with E-state index in [0.29, 0.717) is 11.5 Å². The van der Waals surface area contributed by atoms with Gasteiger partial charge in [0.15, 0.2) is 17.3 Å². The van der Waals surface area contributed by atoms with E-state index in [0.717, 1.165) is 5.56 Å². The zero-order valence-electron chi connectivity index (χ0n) is 10.7. The van der Waals surface area contributed by atoms with Gasteiger partial charge in [0.2, 0.25) is 0 Å². The summed E-state index contributed by atoms with van der Waals surface area (Å²) < 4.78 is 15.8. The van der Waals surface area contributed by atoms with Crippen molar-refractivity contribution in [3.8, 4) is 11.5 Å². The van der Waals surface area contributed by atoms with E-state index in [1.165, 1.54) is 12.3 Å². The van der Waals surface area contributed by atoms with Crippen molar-refractivity contribution in [2.75, 3.05) is 7.11 Å². The van der Waals surface area contributed by atoms with Gasteiger partial charge in [0.05, 0.1) is 13.4 Å². The molecular weight excluding hydrogens is 248 g/mol. The van der Waals surface area contributed by atoms with Crippen molar-refractivity contribution in [1.29, 1.82) is 0 Å². The van der Waals surface area contributed by atoms with Gasteiger partial charge in [-0.05, 0) is 30.7 Å². The third-order valence-corrected chi connectivity index (χ3v) is 2.65. The normalized spacial score (nSPS) is 10.2. The Morgan fingerprint density at radius 3 is 2.79 bits per heavy atom. The predicted octanol–water partition coefficient (Wildman–Crippen LogP) is 2.87. The largest absolute Gasteiger partial charge is 0.493 e. The van der Waals surface area contributed by atoms with Crippen LogP contribution in [-0.2, 0) is 6.61 Å². The number of carboxylic acids is 1. The van der Waals surface area contributed by atoms with Crippen molar-refractivity contribution in [1.82, 2.24) is 0 Å². The maximum atomic E-state index is 10.9. The number of hydrogen-bond donors (Lipinski definition) is 1. The molecule has 1 aromatic heterocycles. The van der Waals surface area contributed by atoms with Crippen molar-refractivity contribution in [2.24, 2.45) is 0 Å². The number of aryl methyl sites for hydroxylation is 1. The van der Waals surface area contributed by atoms with Gasteiger partial charge in [0.1, 0.15) is 12.2 Å². The lowest BCUT2D eigenvalue weighted by Gasteiger charge is -2.10. The molecule has 0 amide bonds. The van der Waals surface area contributed by atoms with E-state index < -0.39 is 5.97 Å². The molecule has 0 saturated heterocycles. The summed E-state index contributed by atoms with van der Waals surface area (Å²) in [5.74, 6) is 0.377. The van der Waals surface area contributed by atoms with Crippen molar-refractivity contribution in [3.05, 3.63) is 47.4 Å². The van der Waals surface area contributed by atoms with Crippen LogP contribution >= 0.6 is 0 Å². The van der Waals surface area contributed by atoms with Crippen LogP contribution in [-0.4, -0.2) is 18.2 Å². The lowest BCUT2D eigenvalue weighted by molar-refractivity contribution is 0.0692. The summed E-state index contributed by atoms with van der Waals surface area (Å²) in [6, 6.07) is 6.90. The topological polar surface area (TPSA) is 68.9 Å². The van der Waals surface area contributed by atoms with Crippen LogP contribution in [0.3, 0.4) is 0 Å². The third-order valence-electron chi connectivity index (χ3n) is 2.65. The molecule has 0 fully saturated rings. The maximum absolute atomic E-state index is 10.9. The second-order valence-electron chi connectivity index (χ2n) is 4.01. The van der Waals surface area contributed by atoms with Crippen LogP contribution < -0.4 is 9.47 Å². The number of carbonyl (C=O) groups is 1. The Hall–Kier alpha value is -2.43. The van der Waals surface area contributed by atoms with Gasteiger partial charge in [0.25, 0.3) is 0 Å². The fraction of sp³-hybridized carbons (Fsp3) is 0.214. The zero-order chi connectivity index (χ0) is 13.8. The van der Waals surface area contributed by atoms with Gasteiger partial charge in [0, 0.05) is 0 Å². The van der Waals surface area contributed by atoms with Crippen LogP contribution in [0.4, 0.5) is 0 Å². The molecule has 5 nitrogen and oxygen atoms in total. The average molecular weight is 262 g/mol. The van der Waals surface area contributed by atoms with E-state index in [-0.39, 0.29) is 17.9 Å². The second kappa shape index (κ2) is 5.48. The van der Waals surface area contributed by atoms with Crippen LogP contribution in [0, 0.1) is 6.92 Å². The van der Waals surface area contributed by atoms with Crippen LogP contribution in [0.25, 0.3) is 0 Å². The first-order valence-corrected chi connectivity index (χ1v) is 5.69. The molecule has 0 aliphatic heterocycles. The van der Waals surface area contributed by atoms with E-state index in [1.807, 2.05) is 19.1 Å². The van der Waals surface area contributed by atoms with E-state index in [1.54, 1.807) is 13.2 Å². The third kappa shape index (κ3) is 2.88. The number of benzene rings is 1. The van der Waals surface area contributed by atoms with Gasteiger partial charge in [-0.1, -0.05) is 6.07 Å². The monoisotopic (exact) mass is 262 g/mol. The lowest BCUT2D eigenvalue weighted by atomic mass is 10.2. The summed E-state index contributed by atoms with van der Waals surface area (Å²) in [6.45, 7) is 1.98. The number of rotatable bonds is 5. The predicted molar refractivity (Wildman–Crippen MR) is 67.7 cm³/mol. The molecule has 0 atom stereocenters. The Kier molecular flexibility index (Phi) is 3.75. The molecule has 0 bridgehead atoms. The molecule has 100 valence electrons. The van der Waals surface area contributed by atoms with E-state index in [2.05, 4.69) is 0 Å². The summed E-state index contributed by atoms with van der Waals surface area (Å²) >= 11 is 0. The van der Waals surface area contributed by atoms with E-state index in [4.69, 9.17) is 19.0 Å². The Balaban J connectivity index is 2.14. The SMILES string of the molecule is COc1cc(C)ccc1OCc1occc1C(=O)O. The highest BCUT2D eigenvalue weighted by Crippen LogP contribution is 2.28. The van der Waals surface area contributed by atoms with Gasteiger partial charge in [-0.15, -0.1) is 0 Å². The second-order valence-corrected chi connectivity index (χ2v) is 4.01. The summed E-state index contributed by atoms with van der Waals surface area (Å²) in [5.41, 5.74) is 1.15. The van der Waals surface area contributed by atoms with Crippen LogP contribution in [0.5, 0.6) is 11.5 Å². The van der Waals surface area contributed by atoms with Crippen molar-refractivity contribution >= 4 is 5.97 Å². The molecule has 19 heavy (non-hydrogen) atoms. The Bertz CT molecular complexity index is 585. The molecule has 1 aromatic carbocycles. The highest BCUT2D eigenvalue weighted by Gasteiger charge is 2.14. The number of methoxy groups -OCH3 is 1. The molecule has 1 heterocycles. The minimum absolute atomic E-state index is 0.0358. The smallest absolute Gasteiger partial charge is 0.339 e. The molecule has 5 heteroatoms. The Labute approximate surface area is 110 Å². The van der Waals surface area contributed by atoms with Gasteiger partial charge in [-0.25, -0.2) is 4.79 Å². The number of carboxylic acid groups (broad SMARTS) is 1. The molecule has 0 spiro atoms. The number of ether oxygens (including phenoxy) is 2. The fourth-order valence-corrected chi connectivity index (χ4v) is 1.68. The fourth-order valence-electron chi connectivity index (χ4n) is 1.68. The molecule has 0 radical (unpaired) electrons. The van der Waals surface area contributed by atoms with Crippen molar-refractivity contribution in [3.63, 3.8) is 0 Å². The Morgan fingerprint density at radius 2 is 2.11 bits per heavy atom. The molecule has 0 saturated carbocycles.